The fourth-order valence-corrected chi connectivity index (χ4v) is 1.69. The van der Waals surface area contributed by atoms with Crippen molar-refractivity contribution >= 4 is 11.6 Å². The standard InChI is InChI=1S/C15H24N2O2/c1-3-4-5-6-10-19-14-9-7-8-13(11-14)17-12-15(18)16-2/h7-9,11,17H,3-6,10,12H2,1-2H3,(H,16,18). The molecule has 19 heavy (non-hydrogen) atoms. The van der Waals surface area contributed by atoms with Crippen LogP contribution in [0.4, 0.5) is 5.69 Å². The number of nitrogens with one attached hydrogen (secondary N) is 2. The van der Waals surface area contributed by atoms with Crippen LogP contribution in [0, 0.1) is 0 Å². The van der Waals surface area contributed by atoms with Crippen molar-refractivity contribution in [2.24, 2.45) is 0 Å². The highest BCUT2D eigenvalue weighted by Gasteiger charge is 1.99. The van der Waals surface area contributed by atoms with Crippen LogP contribution in [0.25, 0.3) is 0 Å². The molecule has 1 rings (SSSR count). The van der Waals surface area contributed by atoms with Crippen LogP contribution in [-0.2, 0) is 4.79 Å². The van der Waals surface area contributed by atoms with Crippen LogP contribution >= 0.6 is 0 Å². The van der Waals surface area contributed by atoms with E-state index in [1.807, 2.05) is 24.3 Å². The summed E-state index contributed by atoms with van der Waals surface area (Å²) < 4.78 is 5.69. The Morgan fingerprint density at radius 3 is 2.84 bits per heavy atom. The van der Waals surface area contributed by atoms with E-state index in [-0.39, 0.29) is 12.5 Å². The molecule has 0 saturated carbocycles. The molecule has 2 N–H and O–H groups in total. The molecular weight excluding hydrogens is 240 g/mol. The first kappa shape index (κ1) is 15.3. The summed E-state index contributed by atoms with van der Waals surface area (Å²) >= 11 is 0. The summed E-state index contributed by atoms with van der Waals surface area (Å²) in [6.07, 6.45) is 4.80. The molecule has 0 fully saturated rings. The number of unbranched alkanes of at least 4 members (excludes halogenated alkanes) is 3. The highest BCUT2D eigenvalue weighted by molar-refractivity contribution is 5.80. The first-order chi connectivity index (χ1) is 9.26. The Kier molecular flexibility index (Phi) is 7.47. The average Bonchev–Trinajstić information content (AvgIpc) is 2.45. The van der Waals surface area contributed by atoms with Crippen molar-refractivity contribution in [3.8, 4) is 5.75 Å². The number of hydrogen-bond acceptors (Lipinski definition) is 3. The van der Waals surface area contributed by atoms with Crippen molar-refractivity contribution in [2.75, 3.05) is 25.5 Å². The van der Waals surface area contributed by atoms with Crippen molar-refractivity contribution in [3.05, 3.63) is 24.3 Å². The van der Waals surface area contributed by atoms with E-state index in [2.05, 4.69) is 17.6 Å². The van der Waals surface area contributed by atoms with Gasteiger partial charge in [0.1, 0.15) is 5.75 Å². The van der Waals surface area contributed by atoms with Crippen LogP contribution in [-0.4, -0.2) is 26.1 Å². The molecule has 1 aromatic carbocycles. The van der Waals surface area contributed by atoms with Crippen molar-refractivity contribution in [2.45, 2.75) is 32.6 Å². The lowest BCUT2D eigenvalue weighted by Gasteiger charge is -2.09. The lowest BCUT2D eigenvalue weighted by atomic mass is 10.2. The highest BCUT2D eigenvalue weighted by Crippen LogP contribution is 2.17. The summed E-state index contributed by atoms with van der Waals surface area (Å²) in [5.74, 6) is 0.810. The summed E-state index contributed by atoms with van der Waals surface area (Å²) in [5, 5.41) is 5.63. The number of carbonyl (C=O) groups is 1. The number of hydrogen-bond donors (Lipinski definition) is 2. The van der Waals surface area contributed by atoms with E-state index in [0.29, 0.717) is 0 Å². The van der Waals surface area contributed by atoms with Crippen LogP contribution in [0.2, 0.25) is 0 Å². The van der Waals surface area contributed by atoms with Crippen LogP contribution in [0.15, 0.2) is 24.3 Å². The van der Waals surface area contributed by atoms with Crippen molar-refractivity contribution in [1.29, 1.82) is 0 Å². The first-order valence-corrected chi connectivity index (χ1v) is 6.93. The van der Waals surface area contributed by atoms with Crippen molar-refractivity contribution in [1.82, 2.24) is 5.32 Å². The summed E-state index contributed by atoms with van der Waals surface area (Å²) in [5.41, 5.74) is 0.898. The van der Waals surface area contributed by atoms with E-state index >= 15 is 0 Å². The Morgan fingerprint density at radius 2 is 2.11 bits per heavy atom. The maximum absolute atomic E-state index is 11.1. The van der Waals surface area contributed by atoms with Gasteiger partial charge in [-0.1, -0.05) is 32.3 Å². The van der Waals surface area contributed by atoms with Gasteiger partial charge in [0.15, 0.2) is 0 Å². The molecule has 0 atom stereocenters. The number of anilines is 1. The number of carbonyl (C=O) groups excluding carboxylic acids is 1. The third kappa shape index (κ3) is 6.70. The third-order valence-electron chi connectivity index (χ3n) is 2.83. The molecule has 0 unspecified atom stereocenters. The van der Waals surface area contributed by atoms with Crippen LogP contribution in [0.1, 0.15) is 32.6 Å². The van der Waals surface area contributed by atoms with Gasteiger partial charge in [0.2, 0.25) is 5.91 Å². The topological polar surface area (TPSA) is 50.4 Å². The third-order valence-corrected chi connectivity index (χ3v) is 2.83. The van der Waals surface area contributed by atoms with Gasteiger partial charge in [0.25, 0.3) is 0 Å². The molecule has 4 nitrogen and oxygen atoms in total. The molecule has 0 spiro atoms. The number of ether oxygens (including phenoxy) is 1. The average molecular weight is 264 g/mol. The van der Waals surface area contributed by atoms with Gasteiger partial charge in [-0.05, 0) is 18.6 Å². The molecule has 0 saturated heterocycles. The summed E-state index contributed by atoms with van der Waals surface area (Å²) in [7, 11) is 1.62. The zero-order valence-electron chi connectivity index (χ0n) is 11.9. The Hall–Kier alpha value is -1.71. The smallest absolute Gasteiger partial charge is 0.239 e. The minimum Gasteiger partial charge on any atom is -0.494 e. The molecule has 1 amide bonds. The second-order valence-corrected chi connectivity index (χ2v) is 4.46. The van der Waals surface area contributed by atoms with E-state index in [1.165, 1.54) is 19.3 Å². The van der Waals surface area contributed by atoms with Gasteiger partial charge in [0, 0.05) is 18.8 Å². The maximum atomic E-state index is 11.1. The molecule has 106 valence electrons. The largest absolute Gasteiger partial charge is 0.494 e. The second kappa shape index (κ2) is 9.25. The van der Waals surface area contributed by atoms with Gasteiger partial charge < -0.3 is 15.4 Å². The molecule has 0 aliphatic carbocycles. The number of benzene rings is 1. The van der Waals surface area contributed by atoms with E-state index in [4.69, 9.17) is 4.74 Å². The molecule has 0 aliphatic heterocycles. The van der Waals surface area contributed by atoms with Gasteiger partial charge in [0.05, 0.1) is 13.2 Å². The van der Waals surface area contributed by atoms with Crippen LogP contribution in [0.5, 0.6) is 5.75 Å². The number of likely N-dealkylation sites (N-methyl/N-ethyl adjacent to an activating group) is 1. The summed E-state index contributed by atoms with van der Waals surface area (Å²) in [6, 6.07) is 7.70. The Balaban J connectivity index is 2.33. The molecule has 0 aromatic heterocycles. The van der Waals surface area contributed by atoms with Gasteiger partial charge in [-0.25, -0.2) is 0 Å². The maximum Gasteiger partial charge on any atom is 0.239 e. The minimum absolute atomic E-state index is 0.0362. The Morgan fingerprint density at radius 1 is 1.26 bits per heavy atom. The molecule has 1 aromatic rings. The Bertz CT molecular complexity index is 380. The summed E-state index contributed by atoms with van der Waals surface area (Å²) in [4.78, 5) is 11.1. The van der Waals surface area contributed by atoms with Gasteiger partial charge in [-0.15, -0.1) is 0 Å². The fraction of sp³-hybridized carbons (Fsp3) is 0.533. The highest BCUT2D eigenvalue weighted by atomic mass is 16.5. The van der Waals surface area contributed by atoms with Crippen LogP contribution < -0.4 is 15.4 Å². The van der Waals surface area contributed by atoms with E-state index < -0.39 is 0 Å². The zero-order chi connectivity index (χ0) is 13.9. The fourth-order valence-electron chi connectivity index (χ4n) is 1.69. The lowest BCUT2D eigenvalue weighted by Crippen LogP contribution is -2.26. The lowest BCUT2D eigenvalue weighted by molar-refractivity contribution is -0.118. The number of rotatable bonds is 9. The van der Waals surface area contributed by atoms with E-state index in [9.17, 15) is 4.79 Å². The molecule has 0 radical (unpaired) electrons. The summed E-state index contributed by atoms with van der Waals surface area (Å²) in [6.45, 7) is 3.22. The molecule has 0 bridgehead atoms. The number of amides is 1. The molecule has 4 heteroatoms. The normalized spacial score (nSPS) is 10.0. The van der Waals surface area contributed by atoms with E-state index in [0.717, 1.165) is 24.5 Å². The minimum atomic E-state index is -0.0362. The van der Waals surface area contributed by atoms with Crippen molar-refractivity contribution < 1.29 is 9.53 Å². The quantitative estimate of drug-likeness (QED) is 0.674. The van der Waals surface area contributed by atoms with Gasteiger partial charge in [-0.3, -0.25) is 4.79 Å². The second-order valence-electron chi connectivity index (χ2n) is 4.46. The molecule has 0 aliphatic rings. The van der Waals surface area contributed by atoms with E-state index in [1.54, 1.807) is 7.05 Å². The van der Waals surface area contributed by atoms with Gasteiger partial charge >= 0.3 is 0 Å². The monoisotopic (exact) mass is 264 g/mol. The van der Waals surface area contributed by atoms with Crippen LogP contribution in [0.3, 0.4) is 0 Å². The zero-order valence-corrected chi connectivity index (χ0v) is 11.9. The predicted octanol–water partition coefficient (Wildman–Crippen LogP) is 2.80. The predicted molar refractivity (Wildman–Crippen MR) is 78.6 cm³/mol. The Labute approximate surface area is 115 Å². The first-order valence-electron chi connectivity index (χ1n) is 6.93. The van der Waals surface area contributed by atoms with Crippen molar-refractivity contribution in [3.63, 3.8) is 0 Å². The molecule has 0 heterocycles. The SMILES string of the molecule is CCCCCCOc1cccc(NCC(=O)NC)c1. The molecular formula is C15H24N2O2. The van der Waals surface area contributed by atoms with Gasteiger partial charge in [-0.2, -0.15) is 0 Å².